The number of alkyl halides is 1. The van der Waals surface area contributed by atoms with E-state index in [4.69, 9.17) is 9.47 Å². The van der Waals surface area contributed by atoms with Crippen LogP contribution in [0.5, 0.6) is 5.75 Å². The van der Waals surface area contributed by atoms with Crippen LogP contribution in [0.25, 0.3) is 0 Å². The fourth-order valence-electron chi connectivity index (χ4n) is 2.85. The number of nitrogens with zero attached hydrogens (tertiary/aromatic N) is 1. The van der Waals surface area contributed by atoms with E-state index in [1.54, 1.807) is 7.11 Å². The first-order valence-corrected chi connectivity index (χ1v) is 8.37. The van der Waals surface area contributed by atoms with Gasteiger partial charge in [-0.25, -0.2) is 9.18 Å². The van der Waals surface area contributed by atoms with Gasteiger partial charge < -0.3 is 9.47 Å². The van der Waals surface area contributed by atoms with Gasteiger partial charge in [-0.1, -0.05) is 42.5 Å². The Morgan fingerprint density at radius 2 is 1.84 bits per heavy atom. The average molecular weight is 343 g/mol. The lowest BCUT2D eigenvalue weighted by Crippen LogP contribution is -2.37. The van der Waals surface area contributed by atoms with E-state index in [1.807, 2.05) is 61.5 Å². The lowest BCUT2D eigenvalue weighted by atomic mass is 10.1. The van der Waals surface area contributed by atoms with E-state index >= 15 is 0 Å². The van der Waals surface area contributed by atoms with Gasteiger partial charge in [-0.05, 0) is 30.2 Å². The number of methoxy groups -OCH3 is 1. The van der Waals surface area contributed by atoms with Crippen molar-refractivity contribution >= 4 is 6.09 Å². The quantitative estimate of drug-likeness (QED) is 0.775. The summed E-state index contributed by atoms with van der Waals surface area (Å²) in [5.74, 6) is 0.743. The van der Waals surface area contributed by atoms with E-state index in [-0.39, 0.29) is 12.6 Å². The molecule has 4 nitrogen and oxygen atoms in total. The lowest BCUT2D eigenvalue weighted by Gasteiger charge is -2.28. The summed E-state index contributed by atoms with van der Waals surface area (Å²) in [6.45, 7) is 2.04. The number of carbonyl (C=O) groups excluding carboxylic acids is 1. The second-order valence-electron chi connectivity index (χ2n) is 6.22. The van der Waals surface area contributed by atoms with Crippen molar-refractivity contribution in [2.45, 2.75) is 38.2 Å². The summed E-state index contributed by atoms with van der Waals surface area (Å²) in [5.41, 5.74) is 1.82. The summed E-state index contributed by atoms with van der Waals surface area (Å²) >= 11 is 0. The summed E-state index contributed by atoms with van der Waals surface area (Å²) in [6, 6.07) is 16.3. The normalized spacial score (nSPS) is 19.8. The van der Waals surface area contributed by atoms with Gasteiger partial charge in [0.2, 0.25) is 0 Å². The lowest BCUT2D eigenvalue weighted by molar-refractivity contribution is 0.0760. The molecule has 1 aliphatic carbocycles. The van der Waals surface area contributed by atoms with E-state index < -0.39 is 18.3 Å². The van der Waals surface area contributed by atoms with Gasteiger partial charge in [0.15, 0.2) is 0 Å². The van der Waals surface area contributed by atoms with Gasteiger partial charge in [0, 0.05) is 6.42 Å². The van der Waals surface area contributed by atoms with Crippen LogP contribution in [0.2, 0.25) is 0 Å². The van der Waals surface area contributed by atoms with Crippen molar-refractivity contribution in [2.75, 3.05) is 7.11 Å². The van der Waals surface area contributed by atoms with Crippen molar-refractivity contribution in [3.63, 3.8) is 0 Å². The molecule has 1 saturated carbocycles. The summed E-state index contributed by atoms with van der Waals surface area (Å²) in [4.78, 5) is 14.1. The summed E-state index contributed by atoms with van der Waals surface area (Å²) < 4.78 is 24.2. The molecule has 0 spiro atoms. The minimum absolute atomic E-state index is 0.143. The molecule has 3 rings (SSSR count). The van der Waals surface area contributed by atoms with Crippen LogP contribution in [0.15, 0.2) is 54.6 Å². The molecule has 0 aliphatic heterocycles. The summed E-state index contributed by atoms with van der Waals surface area (Å²) in [6.07, 6.45) is -1.09. The van der Waals surface area contributed by atoms with Gasteiger partial charge in [-0.2, -0.15) is 0 Å². The van der Waals surface area contributed by atoms with Crippen LogP contribution >= 0.6 is 0 Å². The molecule has 132 valence electrons. The number of ether oxygens (including phenoxy) is 2. The molecule has 5 heteroatoms. The predicted molar refractivity (Wildman–Crippen MR) is 93.2 cm³/mol. The smallest absolute Gasteiger partial charge is 0.410 e. The van der Waals surface area contributed by atoms with E-state index in [1.165, 1.54) is 4.90 Å². The van der Waals surface area contributed by atoms with Gasteiger partial charge in [-0.3, -0.25) is 4.90 Å². The average Bonchev–Trinajstić information content (AvgIpc) is 3.37. The van der Waals surface area contributed by atoms with Crippen LogP contribution < -0.4 is 4.74 Å². The minimum atomic E-state index is -0.973. The highest BCUT2D eigenvalue weighted by Gasteiger charge is 2.47. The van der Waals surface area contributed by atoms with Crippen molar-refractivity contribution in [3.8, 4) is 5.75 Å². The van der Waals surface area contributed by atoms with Crippen molar-refractivity contribution in [3.05, 3.63) is 65.7 Å². The zero-order valence-corrected chi connectivity index (χ0v) is 14.4. The van der Waals surface area contributed by atoms with Crippen LogP contribution in [-0.4, -0.2) is 30.3 Å². The molecule has 0 aromatic heterocycles. The fourth-order valence-corrected chi connectivity index (χ4v) is 2.85. The molecule has 0 N–H and O–H groups in total. The Morgan fingerprint density at radius 3 is 2.40 bits per heavy atom. The predicted octanol–water partition coefficient (Wildman–Crippen LogP) is 4.51. The molecule has 1 amide bonds. The highest BCUT2D eigenvalue weighted by Crippen LogP contribution is 2.37. The van der Waals surface area contributed by atoms with Gasteiger partial charge >= 0.3 is 6.09 Å². The number of rotatable bonds is 6. The van der Waals surface area contributed by atoms with Crippen molar-refractivity contribution in [1.29, 1.82) is 0 Å². The van der Waals surface area contributed by atoms with E-state index in [0.717, 1.165) is 16.9 Å². The molecular weight excluding hydrogens is 321 g/mol. The van der Waals surface area contributed by atoms with Crippen LogP contribution in [0.1, 0.15) is 30.5 Å². The monoisotopic (exact) mass is 343 g/mol. The molecule has 2 aromatic rings. The topological polar surface area (TPSA) is 38.8 Å². The Balaban J connectivity index is 1.67. The largest absolute Gasteiger partial charge is 0.497 e. The van der Waals surface area contributed by atoms with Crippen molar-refractivity contribution < 1.29 is 18.7 Å². The Bertz CT molecular complexity index is 705. The van der Waals surface area contributed by atoms with E-state index in [9.17, 15) is 9.18 Å². The number of hydrogen-bond acceptors (Lipinski definition) is 3. The summed E-state index contributed by atoms with van der Waals surface area (Å²) in [5, 5.41) is 0. The van der Waals surface area contributed by atoms with Crippen molar-refractivity contribution in [1.82, 2.24) is 4.90 Å². The Hall–Kier alpha value is -2.56. The SMILES string of the molecule is COc1ccc(COC(=O)N(C2CC2F)[C@@H](C)c2ccccc2)cc1. The number of benzene rings is 2. The molecule has 1 aliphatic rings. The number of hydrogen-bond donors (Lipinski definition) is 0. The highest BCUT2D eigenvalue weighted by atomic mass is 19.1. The van der Waals surface area contributed by atoms with Gasteiger partial charge in [0.25, 0.3) is 0 Å². The zero-order chi connectivity index (χ0) is 17.8. The molecule has 25 heavy (non-hydrogen) atoms. The molecule has 2 unspecified atom stereocenters. The maximum Gasteiger partial charge on any atom is 0.410 e. The van der Waals surface area contributed by atoms with Gasteiger partial charge in [0.1, 0.15) is 18.5 Å². The third-order valence-corrected chi connectivity index (χ3v) is 4.47. The van der Waals surface area contributed by atoms with Crippen LogP contribution in [0.3, 0.4) is 0 Å². The molecule has 1 fully saturated rings. The Labute approximate surface area is 147 Å². The first kappa shape index (κ1) is 17.3. The Kier molecular flexibility index (Phi) is 5.22. The van der Waals surface area contributed by atoms with E-state index in [0.29, 0.717) is 6.42 Å². The third-order valence-electron chi connectivity index (χ3n) is 4.47. The maximum atomic E-state index is 13.6. The second kappa shape index (κ2) is 7.55. The third kappa shape index (κ3) is 4.10. The first-order chi connectivity index (χ1) is 12.1. The first-order valence-electron chi connectivity index (χ1n) is 8.37. The Morgan fingerprint density at radius 1 is 1.20 bits per heavy atom. The fraction of sp³-hybridized carbons (Fsp3) is 0.350. The number of halogens is 1. The molecule has 0 saturated heterocycles. The number of amides is 1. The molecule has 0 bridgehead atoms. The van der Waals surface area contributed by atoms with E-state index in [2.05, 4.69) is 0 Å². The summed E-state index contributed by atoms with van der Waals surface area (Å²) in [7, 11) is 1.60. The van der Waals surface area contributed by atoms with Crippen LogP contribution in [0, 0.1) is 0 Å². The molecule has 3 atom stereocenters. The van der Waals surface area contributed by atoms with Gasteiger partial charge in [-0.15, -0.1) is 0 Å². The molecule has 2 aromatic carbocycles. The highest BCUT2D eigenvalue weighted by molar-refractivity contribution is 5.69. The standard InChI is InChI=1S/C20H22FNO3/c1-14(16-6-4-3-5-7-16)22(19-12-18(19)21)20(23)25-13-15-8-10-17(24-2)11-9-15/h3-11,14,18-19H,12-13H2,1-2H3/t14-,18?,19?/m0/s1. The zero-order valence-electron chi connectivity index (χ0n) is 14.4. The van der Waals surface area contributed by atoms with Gasteiger partial charge in [0.05, 0.1) is 19.2 Å². The van der Waals surface area contributed by atoms with Crippen LogP contribution in [-0.2, 0) is 11.3 Å². The second-order valence-corrected chi connectivity index (χ2v) is 6.22. The molecule has 0 radical (unpaired) electrons. The van der Waals surface area contributed by atoms with Crippen LogP contribution in [0.4, 0.5) is 9.18 Å². The minimum Gasteiger partial charge on any atom is -0.497 e. The number of carbonyl (C=O) groups is 1. The molecule has 0 heterocycles. The molecular formula is C20H22FNO3. The maximum absolute atomic E-state index is 13.6. The van der Waals surface area contributed by atoms with Crippen molar-refractivity contribution in [2.24, 2.45) is 0 Å².